The lowest BCUT2D eigenvalue weighted by atomic mass is 10.00. The highest BCUT2D eigenvalue weighted by atomic mass is 16.6. The summed E-state index contributed by atoms with van der Waals surface area (Å²) in [7, 11) is 0. The van der Waals surface area contributed by atoms with Gasteiger partial charge < -0.3 is 19.7 Å². The molecule has 0 saturated heterocycles. The average Bonchev–Trinajstić information content (AvgIpc) is 2.61. The van der Waals surface area contributed by atoms with E-state index >= 15 is 0 Å². The zero-order chi connectivity index (χ0) is 19.3. The lowest BCUT2D eigenvalue weighted by Crippen LogP contribution is -2.51. The molecular weight excluding hydrogens is 342 g/mol. The van der Waals surface area contributed by atoms with Gasteiger partial charge in [-0.15, -0.1) is 0 Å². The van der Waals surface area contributed by atoms with Crippen LogP contribution in [0.5, 0.6) is 11.5 Å². The van der Waals surface area contributed by atoms with Crippen molar-refractivity contribution in [1.29, 1.82) is 0 Å². The molecule has 0 bridgehead atoms. The molecule has 138 valence electrons. The molecule has 0 radical (unpaired) electrons. The second-order valence-corrected chi connectivity index (χ2v) is 5.89. The topological polar surface area (TPSA) is 119 Å². The number of ether oxygens (including phenoxy) is 2. The van der Waals surface area contributed by atoms with Crippen molar-refractivity contribution in [3.8, 4) is 11.5 Å². The molecule has 2 aromatic carbocycles. The van der Waals surface area contributed by atoms with Crippen LogP contribution in [0.1, 0.15) is 19.4 Å². The molecule has 0 aliphatic carbocycles. The number of hydrogen-bond donors (Lipinski definition) is 2. The number of aliphatic carboxylic acids is 1. The van der Waals surface area contributed by atoms with Crippen LogP contribution >= 0.6 is 0 Å². The second-order valence-electron chi connectivity index (χ2n) is 5.89. The van der Waals surface area contributed by atoms with Gasteiger partial charge in [0, 0.05) is 12.1 Å². The number of hydrogen-bond acceptors (Lipinski definition) is 6. The van der Waals surface area contributed by atoms with Gasteiger partial charge in [0.15, 0.2) is 0 Å². The SMILES string of the molecule is CC(OCc1cccc([N+](=O)[O-])c1)C(C)(Oc1ccc(O)cc1)C(=O)O. The lowest BCUT2D eigenvalue weighted by Gasteiger charge is -2.32. The van der Waals surface area contributed by atoms with Gasteiger partial charge in [-0.05, 0) is 43.7 Å². The number of phenolic OH excluding ortho intramolecular Hbond substituents is 1. The summed E-state index contributed by atoms with van der Waals surface area (Å²) in [5, 5.41) is 29.7. The minimum absolute atomic E-state index is 0.00927. The van der Waals surface area contributed by atoms with E-state index in [2.05, 4.69) is 0 Å². The van der Waals surface area contributed by atoms with Crippen LogP contribution in [0.25, 0.3) is 0 Å². The van der Waals surface area contributed by atoms with E-state index in [9.17, 15) is 25.1 Å². The van der Waals surface area contributed by atoms with Gasteiger partial charge in [-0.3, -0.25) is 10.1 Å². The van der Waals surface area contributed by atoms with E-state index in [4.69, 9.17) is 9.47 Å². The third-order valence-electron chi connectivity index (χ3n) is 3.99. The van der Waals surface area contributed by atoms with Crippen molar-refractivity contribution in [1.82, 2.24) is 0 Å². The molecule has 26 heavy (non-hydrogen) atoms. The highest BCUT2D eigenvalue weighted by molar-refractivity contribution is 5.78. The number of aromatic hydroxyl groups is 1. The normalized spacial score (nSPS) is 14.2. The van der Waals surface area contributed by atoms with Crippen molar-refractivity contribution in [3.05, 3.63) is 64.2 Å². The highest BCUT2D eigenvalue weighted by Crippen LogP contribution is 2.26. The Morgan fingerprint density at radius 1 is 1.27 bits per heavy atom. The first kappa shape index (κ1) is 19.2. The number of nitro benzene ring substituents is 1. The summed E-state index contributed by atoms with van der Waals surface area (Å²) in [4.78, 5) is 22.0. The number of nitrogens with zero attached hydrogens (tertiary/aromatic N) is 1. The largest absolute Gasteiger partial charge is 0.508 e. The van der Waals surface area contributed by atoms with Crippen molar-refractivity contribution in [2.45, 2.75) is 32.2 Å². The van der Waals surface area contributed by atoms with Gasteiger partial charge in [-0.2, -0.15) is 0 Å². The van der Waals surface area contributed by atoms with Crippen LogP contribution in [-0.4, -0.2) is 32.8 Å². The Morgan fingerprint density at radius 2 is 1.92 bits per heavy atom. The number of rotatable bonds is 8. The summed E-state index contributed by atoms with van der Waals surface area (Å²) in [6, 6.07) is 11.6. The van der Waals surface area contributed by atoms with Gasteiger partial charge in [0.05, 0.1) is 11.5 Å². The van der Waals surface area contributed by atoms with Crippen molar-refractivity contribution in [3.63, 3.8) is 0 Å². The maximum absolute atomic E-state index is 11.7. The van der Waals surface area contributed by atoms with Crippen molar-refractivity contribution in [2.75, 3.05) is 0 Å². The summed E-state index contributed by atoms with van der Waals surface area (Å²) in [5.74, 6) is -0.931. The van der Waals surface area contributed by atoms with Crippen molar-refractivity contribution < 1.29 is 29.4 Å². The van der Waals surface area contributed by atoms with Gasteiger partial charge in [-0.1, -0.05) is 12.1 Å². The molecule has 0 spiro atoms. The summed E-state index contributed by atoms with van der Waals surface area (Å²) < 4.78 is 11.2. The molecule has 2 rings (SSSR count). The Kier molecular flexibility index (Phi) is 5.78. The van der Waals surface area contributed by atoms with Gasteiger partial charge in [0.25, 0.3) is 5.69 Å². The second kappa shape index (κ2) is 7.83. The van der Waals surface area contributed by atoms with E-state index in [0.29, 0.717) is 5.56 Å². The number of carboxylic acid groups (broad SMARTS) is 1. The molecule has 2 aromatic rings. The van der Waals surface area contributed by atoms with E-state index in [-0.39, 0.29) is 23.8 Å². The van der Waals surface area contributed by atoms with Crippen LogP contribution in [0.2, 0.25) is 0 Å². The molecule has 0 aliphatic rings. The Balaban J connectivity index is 2.11. The number of phenols is 1. The standard InChI is InChI=1S/C18H19NO7/c1-12(25-11-13-4-3-5-14(10-13)19(23)24)18(2,17(21)22)26-16-8-6-15(20)7-9-16/h3-10,12,20H,11H2,1-2H3,(H,21,22). The summed E-state index contributed by atoms with van der Waals surface area (Å²) >= 11 is 0. The zero-order valence-electron chi connectivity index (χ0n) is 14.3. The van der Waals surface area contributed by atoms with E-state index in [1.807, 2.05) is 0 Å². The minimum Gasteiger partial charge on any atom is -0.508 e. The smallest absolute Gasteiger partial charge is 0.350 e. The number of carboxylic acids is 1. The number of nitro groups is 1. The third-order valence-corrected chi connectivity index (χ3v) is 3.99. The quantitative estimate of drug-likeness (QED) is 0.547. The first-order chi connectivity index (χ1) is 12.2. The molecule has 0 amide bonds. The molecule has 2 unspecified atom stereocenters. The molecule has 0 heterocycles. The molecular formula is C18H19NO7. The van der Waals surface area contributed by atoms with Crippen LogP contribution in [0.4, 0.5) is 5.69 Å². The van der Waals surface area contributed by atoms with Gasteiger partial charge in [0.2, 0.25) is 5.60 Å². The summed E-state index contributed by atoms with van der Waals surface area (Å²) in [6.07, 6.45) is -0.868. The van der Waals surface area contributed by atoms with E-state index < -0.39 is 22.6 Å². The van der Waals surface area contributed by atoms with E-state index in [1.165, 1.54) is 49.4 Å². The number of carbonyl (C=O) groups is 1. The van der Waals surface area contributed by atoms with E-state index in [1.54, 1.807) is 13.0 Å². The van der Waals surface area contributed by atoms with Crippen LogP contribution in [0.3, 0.4) is 0 Å². The predicted octanol–water partition coefficient (Wildman–Crippen LogP) is 3.13. The average molecular weight is 361 g/mol. The summed E-state index contributed by atoms with van der Waals surface area (Å²) in [5.41, 5.74) is -1.22. The van der Waals surface area contributed by atoms with Crippen LogP contribution in [0, 0.1) is 10.1 Å². The fourth-order valence-corrected chi connectivity index (χ4v) is 2.20. The van der Waals surface area contributed by atoms with Crippen LogP contribution in [0.15, 0.2) is 48.5 Å². The monoisotopic (exact) mass is 361 g/mol. The number of benzene rings is 2. The molecule has 8 nitrogen and oxygen atoms in total. The fourth-order valence-electron chi connectivity index (χ4n) is 2.20. The maximum Gasteiger partial charge on any atom is 0.350 e. The number of non-ortho nitro benzene ring substituents is 1. The molecule has 0 aromatic heterocycles. The zero-order valence-corrected chi connectivity index (χ0v) is 14.3. The molecule has 0 aliphatic heterocycles. The lowest BCUT2D eigenvalue weighted by molar-refractivity contribution is -0.385. The molecule has 0 fully saturated rings. The Labute approximate surface area is 149 Å². The van der Waals surface area contributed by atoms with Gasteiger partial charge in [0.1, 0.15) is 17.6 Å². The van der Waals surface area contributed by atoms with Gasteiger partial charge in [-0.25, -0.2) is 4.79 Å². The third kappa shape index (κ3) is 4.48. The minimum atomic E-state index is -1.70. The van der Waals surface area contributed by atoms with Crippen LogP contribution < -0.4 is 4.74 Å². The Hall–Kier alpha value is -3.13. The van der Waals surface area contributed by atoms with Gasteiger partial charge >= 0.3 is 5.97 Å². The molecule has 2 atom stereocenters. The molecule has 2 N–H and O–H groups in total. The summed E-state index contributed by atoms with van der Waals surface area (Å²) in [6.45, 7) is 2.91. The fraction of sp³-hybridized carbons (Fsp3) is 0.278. The first-order valence-electron chi connectivity index (χ1n) is 7.79. The molecule has 8 heteroatoms. The highest BCUT2D eigenvalue weighted by Gasteiger charge is 2.42. The maximum atomic E-state index is 11.7. The first-order valence-corrected chi connectivity index (χ1v) is 7.79. The van der Waals surface area contributed by atoms with E-state index in [0.717, 1.165) is 0 Å². The molecule has 0 saturated carbocycles. The van der Waals surface area contributed by atoms with Crippen molar-refractivity contribution in [2.24, 2.45) is 0 Å². The predicted molar refractivity (Wildman–Crippen MR) is 92.1 cm³/mol. The Bertz CT molecular complexity index is 790. The van der Waals surface area contributed by atoms with Crippen molar-refractivity contribution >= 4 is 11.7 Å². The van der Waals surface area contributed by atoms with Crippen LogP contribution in [-0.2, 0) is 16.1 Å². The Morgan fingerprint density at radius 3 is 2.50 bits per heavy atom.